The standard InChI is InChI=1S/C46H32N4/c47-29-30-17-19-33(20-18-30)44-48-45(50-46(49-44)37-12-8-11-35(27-37)31-9-2-1-3-10-31)34-23-21-32(22-24-34)36-25-26-42-40-15-5-4-13-38(40)39-14-6-7-16-41(39)43(42)28-36/h1-28,44-45,48H,(H,49,50). The van der Waals surface area contributed by atoms with Crippen LogP contribution in [0.2, 0.25) is 0 Å². The fourth-order valence-corrected chi connectivity index (χ4v) is 7.22. The number of amidine groups is 1. The fraction of sp³-hybridized carbons (Fsp3) is 0.0435. The number of hydrogen-bond acceptors (Lipinski definition) is 4. The SMILES string of the molecule is N#Cc1ccc(C2N=C(c3cccc(-c4ccccc4)c3)NC(c3ccc(-c4ccc5c6ccccc6c6ccccc6c5c4)cc3)N2)cc1. The van der Waals surface area contributed by atoms with Gasteiger partial charge in [-0.25, -0.2) is 4.99 Å². The van der Waals surface area contributed by atoms with Gasteiger partial charge in [0.15, 0.2) is 0 Å². The van der Waals surface area contributed by atoms with Crippen LogP contribution in [0.1, 0.15) is 34.6 Å². The van der Waals surface area contributed by atoms with Gasteiger partial charge in [-0.05, 0) is 90.0 Å². The third-order valence-corrected chi connectivity index (χ3v) is 9.78. The maximum Gasteiger partial charge on any atom is 0.131 e. The second-order valence-corrected chi connectivity index (χ2v) is 12.8. The molecule has 9 rings (SSSR count). The van der Waals surface area contributed by atoms with Crippen LogP contribution in [0, 0.1) is 11.3 Å². The molecule has 50 heavy (non-hydrogen) atoms. The summed E-state index contributed by atoms with van der Waals surface area (Å²) in [6.45, 7) is 0. The van der Waals surface area contributed by atoms with Crippen LogP contribution in [-0.2, 0) is 0 Å². The molecule has 4 heteroatoms. The van der Waals surface area contributed by atoms with Gasteiger partial charge in [0, 0.05) is 5.56 Å². The molecule has 0 amide bonds. The maximum absolute atomic E-state index is 9.38. The number of benzene rings is 8. The highest BCUT2D eigenvalue weighted by atomic mass is 15.3. The monoisotopic (exact) mass is 640 g/mol. The highest BCUT2D eigenvalue weighted by Crippen LogP contribution is 2.37. The van der Waals surface area contributed by atoms with Crippen LogP contribution in [0.15, 0.2) is 175 Å². The lowest BCUT2D eigenvalue weighted by atomic mass is 9.92. The van der Waals surface area contributed by atoms with E-state index in [1.807, 2.05) is 30.3 Å². The van der Waals surface area contributed by atoms with Gasteiger partial charge in [0.05, 0.1) is 11.6 Å². The van der Waals surface area contributed by atoms with Crippen LogP contribution in [0.3, 0.4) is 0 Å². The van der Waals surface area contributed by atoms with Crippen molar-refractivity contribution in [3.63, 3.8) is 0 Å². The molecule has 236 valence electrons. The van der Waals surface area contributed by atoms with E-state index in [9.17, 15) is 5.26 Å². The molecule has 0 saturated carbocycles. The van der Waals surface area contributed by atoms with E-state index in [1.165, 1.54) is 37.9 Å². The number of nitrogens with zero attached hydrogens (tertiary/aromatic N) is 2. The molecule has 8 aromatic carbocycles. The van der Waals surface area contributed by atoms with E-state index in [-0.39, 0.29) is 12.3 Å². The fourth-order valence-electron chi connectivity index (χ4n) is 7.22. The van der Waals surface area contributed by atoms with E-state index >= 15 is 0 Å². The van der Waals surface area contributed by atoms with Gasteiger partial charge in [0.2, 0.25) is 0 Å². The van der Waals surface area contributed by atoms with Crippen molar-refractivity contribution in [1.82, 2.24) is 10.6 Å². The van der Waals surface area contributed by atoms with Crippen molar-refractivity contribution in [2.75, 3.05) is 0 Å². The van der Waals surface area contributed by atoms with Gasteiger partial charge in [-0.3, -0.25) is 5.32 Å². The number of nitrogens with one attached hydrogen (secondary N) is 2. The van der Waals surface area contributed by atoms with E-state index in [2.05, 4.69) is 156 Å². The number of rotatable bonds is 5. The average Bonchev–Trinajstić information content (AvgIpc) is 3.21. The van der Waals surface area contributed by atoms with Crippen molar-refractivity contribution in [2.45, 2.75) is 12.3 Å². The highest BCUT2D eigenvalue weighted by Gasteiger charge is 2.26. The first-order valence-corrected chi connectivity index (χ1v) is 16.9. The van der Waals surface area contributed by atoms with Crippen LogP contribution in [0.25, 0.3) is 54.6 Å². The van der Waals surface area contributed by atoms with E-state index in [0.717, 1.165) is 39.2 Å². The van der Waals surface area contributed by atoms with E-state index in [0.29, 0.717) is 5.56 Å². The first-order valence-electron chi connectivity index (χ1n) is 16.9. The number of hydrogen-bond donors (Lipinski definition) is 2. The van der Waals surface area contributed by atoms with Crippen molar-refractivity contribution >= 4 is 38.2 Å². The van der Waals surface area contributed by atoms with E-state index in [4.69, 9.17) is 4.99 Å². The molecule has 0 bridgehead atoms. The molecular formula is C46H32N4. The summed E-state index contributed by atoms with van der Waals surface area (Å²) < 4.78 is 0. The maximum atomic E-state index is 9.38. The zero-order chi connectivity index (χ0) is 33.4. The second kappa shape index (κ2) is 12.5. The first-order chi connectivity index (χ1) is 24.7. The summed E-state index contributed by atoms with van der Waals surface area (Å²) in [6, 6.07) is 61.9. The van der Waals surface area contributed by atoms with Gasteiger partial charge in [-0.1, -0.05) is 146 Å². The molecule has 4 nitrogen and oxygen atoms in total. The predicted molar refractivity (Wildman–Crippen MR) is 206 cm³/mol. The van der Waals surface area contributed by atoms with Crippen molar-refractivity contribution in [2.24, 2.45) is 4.99 Å². The summed E-state index contributed by atoms with van der Waals surface area (Å²) >= 11 is 0. The molecule has 8 aromatic rings. The lowest BCUT2D eigenvalue weighted by molar-refractivity contribution is 0.409. The lowest BCUT2D eigenvalue weighted by Crippen LogP contribution is -2.44. The molecule has 2 unspecified atom stereocenters. The van der Waals surface area contributed by atoms with E-state index in [1.54, 1.807) is 0 Å². The molecule has 0 aromatic heterocycles. The molecule has 1 aliphatic rings. The summed E-state index contributed by atoms with van der Waals surface area (Å²) in [6.07, 6.45) is -0.489. The molecule has 2 N–H and O–H groups in total. The third kappa shape index (κ3) is 5.37. The Bertz CT molecular complexity index is 2560. The van der Waals surface area contributed by atoms with Crippen LogP contribution >= 0.6 is 0 Å². The summed E-state index contributed by atoms with van der Waals surface area (Å²) in [5, 5.41) is 24.4. The lowest BCUT2D eigenvalue weighted by Gasteiger charge is -2.32. The molecule has 0 fully saturated rings. The zero-order valence-electron chi connectivity index (χ0n) is 27.2. The normalized spacial score (nSPS) is 15.8. The molecule has 0 aliphatic carbocycles. The topological polar surface area (TPSA) is 60.2 Å². The Hall–Kier alpha value is -6.54. The van der Waals surface area contributed by atoms with Crippen molar-refractivity contribution in [1.29, 1.82) is 5.26 Å². The quantitative estimate of drug-likeness (QED) is 0.184. The van der Waals surface area contributed by atoms with Crippen molar-refractivity contribution in [3.05, 3.63) is 192 Å². The molecule has 0 saturated heterocycles. The second-order valence-electron chi connectivity index (χ2n) is 12.8. The van der Waals surface area contributed by atoms with Gasteiger partial charge < -0.3 is 5.32 Å². The van der Waals surface area contributed by atoms with Gasteiger partial charge in [-0.2, -0.15) is 5.26 Å². The van der Waals surface area contributed by atoms with E-state index < -0.39 is 0 Å². The average molecular weight is 641 g/mol. The van der Waals surface area contributed by atoms with Gasteiger partial charge in [0.1, 0.15) is 18.2 Å². The molecule has 0 radical (unpaired) electrons. The molecule has 1 heterocycles. The zero-order valence-corrected chi connectivity index (χ0v) is 27.2. The Morgan fingerprint density at radius 3 is 1.64 bits per heavy atom. The number of aliphatic imine (C=N–C) groups is 1. The first kappa shape index (κ1) is 29.6. The summed E-state index contributed by atoms with van der Waals surface area (Å²) in [5.41, 5.74) is 8.40. The van der Waals surface area contributed by atoms with Crippen molar-refractivity contribution < 1.29 is 0 Å². The van der Waals surface area contributed by atoms with Crippen LogP contribution in [0.5, 0.6) is 0 Å². The largest absolute Gasteiger partial charge is 0.350 e. The Morgan fingerprint density at radius 2 is 0.960 bits per heavy atom. The van der Waals surface area contributed by atoms with Gasteiger partial charge >= 0.3 is 0 Å². The van der Waals surface area contributed by atoms with Gasteiger partial charge in [-0.15, -0.1) is 0 Å². The minimum Gasteiger partial charge on any atom is -0.350 e. The minimum atomic E-state index is -0.298. The number of fused-ring (bicyclic) bond motifs is 6. The minimum absolute atomic E-state index is 0.190. The van der Waals surface area contributed by atoms with Crippen LogP contribution in [-0.4, -0.2) is 5.84 Å². The summed E-state index contributed by atoms with van der Waals surface area (Å²) in [7, 11) is 0. The highest BCUT2D eigenvalue weighted by molar-refractivity contribution is 6.25. The molecular weight excluding hydrogens is 609 g/mol. The Morgan fingerprint density at radius 1 is 0.440 bits per heavy atom. The summed E-state index contributed by atoms with van der Waals surface area (Å²) in [4.78, 5) is 5.14. The van der Waals surface area contributed by atoms with Crippen LogP contribution in [0.4, 0.5) is 0 Å². The molecule has 1 aliphatic heterocycles. The third-order valence-electron chi connectivity index (χ3n) is 9.78. The predicted octanol–water partition coefficient (Wildman–Crippen LogP) is 10.7. The molecule has 0 spiro atoms. The molecule has 2 atom stereocenters. The Labute approximate surface area is 291 Å². The Kier molecular flexibility index (Phi) is 7.39. The number of nitriles is 1. The van der Waals surface area contributed by atoms with Crippen LogP contribution < -0.4 is 10.6 Å². The van der Waals surface area contributed by atoms with Gasteiger partial charge in [0.25, 0.3) is 0 Å². The summed E-state index contributed by atoms with van der Waals surface area (Å²) in [5.74, 6) is 0.818. The smallest absolute Gasteiger partial charge is 0.131 e. The Balaban J connectivity index is 1.07. The van der Waals surface area contributed by atoms with Crippen molar-refractivity contribution in [3.8, 4) is 28.3 Å².